The predicted molar refractivity (Wildman–Crippen MR) is 59.1 cm³/mol. The van der Waals surface area contributed by atoms with E-state index in [1.807, 2.05) is 11.4 Å². The van der Waals surface area contributed by atoms with Crippen LogP contribution in [0.25, 0.3) is 0 Å². The molecule has 0 bridgehead atoms. The van der Waals surface area contributed by atoms with E-state index in [9.17, 15) is 9.59 Å². The van der Waals surface area contributed by atoms with Gasteiger partial charge < -0.3 is 15.7 Å². The van der Waals surface area contributed by atoms with Crippen LogP contribution in [0.1, 0.15) is 17.8 Å². The van der Waals surface area contributed by atoms with Crippen LogP contribution in [0.2, 0.25) is 0 Å². The van der Waals surface area contributed by atoms with Crippen molar-refractivity contribution in [2.24, 2.45) is 0 Å². The number of thiophene rings is 1. The highest BCUT2D eigenvalue weighted by atomic mass is 32.1. The number of nitrogens with one attached hydrogen (secondary N) is 2. The molecule has 5 nitrogen and oxygen atoms in total. The first-order chi connectivity index (χ1) is 7.59. The molecule has 0 saturated heterocycles. The Morgan fingerprint density at radius 3 is 2.88 bits per heavy atom. The molecule has 2 rings (SSSR count). The van der Waals surface area contributed by atoms with Crippen LogP contribution in [0.15, 0.2) is 28.8 Å². The molecule has 1 atom stereocenters. The Labute approximate surface area is 95.8 Å². The zero-order valence-corrected chi connectivity index (χ0v) is 9.30. The van der Waals surface area contributed by atoms with Gasteiger partial charge in [-0.3, -0.25) is 0 Å². The summed E-state index contributed by atoms with van der Waals surface area (Å²) in [5, 5.41) is 16.0. The number of carboxylic acids is 1. The van der Waals surface area contributed by atoms with Gasteiger partial charge in [-0.25, -0.2) is 9.59 Å². The average molecular weight is 238 g/mol. The summed E-state index contributed by atoms with van der Waals surface area (Å²) < 4.78 is 0. The molecule has 1 aromatic rings. The molecule has 2 heterocycles. The minimum atomic E-state index is -1.02. The van der Waals surface area contributed by atoms with Gasteiger partial charge in [-0.15, -0.1) is 11.3 Å². The van der Waals surface area contributed by atoms with Crippen LogP contribution < -0.4 is 10.6 Å². The number of rotatable bonds is 2. The molecule has 0 spiro atoms. The fraction of sp³-hybridized carbons (Fsp3) is 0.200. The smallest absolute Gasteiger partial charge is 0.335 e. The number of hydrogen-bond acceptors (Lipinski definition) is 3. The van der Waals surface area contributed by atoms with E-state index in [0.29, 0.717) is 5.70 Å². The molecule has 3 N–H and O–H groups in total. The van der Waals surface area contributed by atoms with Crippen LogP contribution in [0, 0.1) is 0 Å². The summed E-state index contributed by atoms with van der Waals surface area (Å²) in [5.74, 6) is -1.02. The van der Waals surface area contributed by atoms with Crippen molar-refractivity contribution >= 4 is 23.3 Å². The summed E-state index contributed by atoms with van der Waals surface area (Å²) in [5.41, 5.74) is 0.566. The van der Waals surface area contributed by atoms with E-state index in [1.165, 1.54) is 11.3 Å². The van der Waals surface area contributed by atoms with Crippen LogP contribution in [0.5, 0.6) is 0 Å². The fourth-order valence-corrected chi connectivity index (χ4v) is 2.43. The van der Waals surface area contributed by atoms with E-state index in [0.717, 1.165) is 4.88 Å². The van der Waals surface area contributed by atoms with E-state index in [-0.39, 0.29) is 11.6 Å². The summed E-state index contributed by atoms with van der Waals surface area (Å²) in [6.45, 7) is 1.59. The van der Waals surface area contributed by atoms with Crippen molar-refractivity contribution in [2.75, 3.05) is 0 Å². The lowest BCUT2D eigenvalue weighted by molar-refractivity contribution is -0.133. The Hall–Kier alpha value is -1.82. The first kappa shape index (κ1) is 10.7. The van der Waals surface area contributed by atoms with Crippen molar-refractivity contribution < 1.29 is 14.7 Å². The molecule has 0 radical (unpaired) electrons. The average Bonchev–Trinajstić information content (AvgIpc) is 2.67. The predicted octanol–water partition coefficient (Wildman–Crippen LogP) is 1.46. The summed E-state index contributed by atoms with van der Waals surface area (Å²) in [4.78, 5) is 23.2. The lowest BCUT2D eigenvalue weighted by atomic mass is 10.0. The molecular formula is C10H10N2O3S. The van der Waals surface area contributed by atoms with Crippen LogP contribution in [-0.4, -0.2) is 17.1 Å². The number of carboxylic acid groups (broad SMARTS) is 1. The standard InChI is InChI=1S/C10H10N2O3S/c1-5-7(9(13)14)8(12-10(15)11-5)6-3-2-4-16-6/h2-4,8H,1H3,(H,13,14)(H2,11,12,15)/t8-/m0/s1. The first-order valence-electron chi connectivity index (χ1n) is 4.64. The molecule has 0 fully saturated rings. The maximum absolute atomic E-state index is 11.3. The lowest BCUT2D eigenvalue weighted by Gasteiger charge is -2.25. The highest BCUT2D eigenvalue weighted by molar-refractivity contribution is 7.10. The number of amides is 2. The van der Waals surface area contributed by atoms with Gasteiger partial charge in [-0.1, -0.05) is 6.07 Å². The maximum atomic E-state index is 11.3. The molecular weight excluding hydrogens is 228 g/mol. The van der Waals surface area contributed by atoms with E-state index < -0.39 is 12.0 Å². The van der Waals surface area contributed by atoms with Crippen molar-refractivity contribution in [1.29, 1.82) is 0 Å². The number of allylic oxidation sites excluding steroid dienone is 1. The second-order valence-corrected chi connectivity index (χ2v) is 4.37. The third kappa shape index (κ3) is 1.79. The van der Waals surface area contributed by atoms with Crippen molar-refractivity contribution in [1.82, 2.24) is 10.6 Å². The van der Waals surface area contributed by atoms with Crippen molar-refractivity contribution in [3.63, 3.8) is 0 Å². The van der Waals surface area contributed by atoms with Crippen molar-refractivity contribution in [2.45, 2.75) is 13.0 Å². The zero-order valence-electron chi connectivity index (χ0n) is 8.48. The maximum Gasteiger partial charge on any atom is 0.335 e. The molecule has 0 saturated carbocycles. The van der Waals surface area contributed by atoms with Gasteiger partial charge in [-0.2, -0.15) is 0 Å². The van der Waals surface area contributed by atoms with E-state index in [4.69, 9.17) is 5.11 Å². The molecule has 0 unspecified atom stereocenters. The van der Waals surface area contributed by atoms with Gasteiger partial charge in [0.1, 0.15) is 0 Å². The Morgan fingerprint density at radius 1 is 1.56 bits per heavy atom. The van der Waals surface area contributed by atoms with E-state index in [2.05, 4.69) is 10.6 Å². The summed E-state index contributed by atoms with van der Waals surface area (Å²) in [6.07, 6.45) is 0. The number of aliphatic carboxylic acids is 1. The van der Waals surface area contributed by atoms with Crippen LogP contribution in [-0.2, 0) is 4.79 Å². The molecule has 0 aromatic carbocycles. The van der Waals surface area contributed by atoms with Gasteiger partial charge >= 0.3 is 12.0 Å². The highest BCUT2D eigenvalue weighted by Gasteiger charge is 2.31. The second kappa shape index (κ2) is 3.97. The van der Waals surface area contributed by atoms with Gasteiger partial charge in [0.15, 0.2) is 0 Å². The minimum Gasteiger partial charge on any atom is -0.478 e. The normalized spacial score (nSPS) is 20.3. The second-order valence-electron chi connectivity index (χ2n) is 3.39. The molecule has 1 aliphatic rings. The minimum absolute atomic E-state index is 0.182. The molecule has 16 heavy (non-hydrogen) atoms. The topological polar surface area (TPSA) is 78.4 Å². The Bertz CT molecular complexity index is 464. The van der Waals surface area contributed by atoms with Gasteiger partial charge in [0, 0.05) is 10.6 Å². The number of carbonyl (C=O) groups excluding carboxylic acids is 1. The first-order valence-corrected chi connectivity index (χ1v) is 5.52. The molecule has 1 aliphatic heterocycles. The Balaban J connectivity index is 2.46. The monoisotopic (exact) mass is 238 g/mol. The van der Waals surface area contributed by atoms with Crippen LogP contribution in [0.4, 0.5) is 4.79 Å². The van der Waals surface area contributed by atoms with Gasteiger partial charge in [0.2, 0.25) is 0 Å². The Morgan fingerprint density at radius 2 is 2.31 bits per heavy atom. The van der Waals surface area contributed by atoms with E-state index in [1.54, 1.807) is 13.0 Å². The van der Waals surface area contributed by atoms with Gasteiger partial charge in [0.05, 0.1) is 11.6 Å². The summed E-state index contributed by atoms with van der Waals surface area (Å²) in [7, 11) is 0. The van der Waals surface area contributed by atoms with Crippen LogP contribution in [0.3, 0.4) is 0 Å². The summed E-state index contributed by atoms with van der Waals surface area (Å²) >= 11 is 1.41. The number of urea groups is 1. The van der Waals surface area contributed by atoms with E-state index >= 15 is 0 Å². The third-order valence-corrected chi connectivity index (χ3v) is 3.26. The van der Waals surface area contributed by atoms with Gasteiger partial charge in [0.25, 0.3) is 0 Å². The summed E-state index contributed by atoms with van der Waals surface area (Å²) in [6, 6.07) is 2.69. The molecule has 84 valence electrons. The van der Waals surface area contributed by atoms with Crippen LogP contribution >= 0.6 is 11.3 Å². The quantitative estimate of drug-likeness (QED) is 0.729. The number of carbonyl (C=O) groups is 2. The molecule has 0 aliphatic carbocycles. The Kier molecular flexibility index (Phi) is 2.66. The fourth-order valence-electron chi connectivity index (χ4n) is 1.65. The molecule has 2 amide bonds. The largest absolute Gasteiger partial charge is 0.478 e. The molecule has 1 aromatic heterocycles. The van der Waals surface area contributed by atoms with Gasteiger partial charge in [-0.05, 0) is 18.4 Å². The van der Waals surface area contributed by atoms with Crippen molar-refractivity contribution in [3.8, 4) is 0 Å². The lowest BCUT2D eigenvalue weighted by Crippen LogP contribution is -2.44. The zero-order chi connectivity index (χ0) is 11.7. The van der Waals surface area contributed by atoms with Crippen molar-refractivity contribution in [3.05, 3.63) is 33.7 Å². The highest BCUT2D eigenvalue weighted by Crippen LogP contribution is 2.29. The third-order valence-electron chi connectivity index (χ3n) is 2.33. The molecule has 6 heteroatoms. The number of hydrogen-bond donors (Lipinski definition) is 3. The SMILES string of the molecule is CC1=C(C(=O)O)[C@H](c2cccs2)NC(=O)N1.